The molecule has 3 aliphatic heterocycles. The first-order valence-corrected chi connectivity index (χ1v) is 10.8. The van der Waals surface area contributed by atoms with Crippen LogP contribution >= 0.6 is 24.8 Å². The normalized spacial score (nSPS) is 21.8. The van der Waals surface area contributed by atoms with Crippen LogP contribution in [-0.4, -0.2) is 64.6 Å². The summed E-state index contributed by atoms with van der Waals surface area (Å²) in [5.74, 6) is 1.63. The molecule has 1 N–H and O–H groups in total. The summed E-state index contributed by atoms with van der Waals surface area (Å²) in [6.07, 6.45) is 2.72. The lowest BCUT2D eigenvalue weighted by atomic mass is 9.84. The minimum absolute atomic E-state index is 0. The molecule has 0 saturated carbocycles. The molecule has 0 unspecified atom stereocenters. The number of aryl methyl sites for hydroxylation is 1. The van der Waals surface area contributed by atoms with Gasteiger partial charge in [0.2, 0.25) is 0 Å². The van der Waals surface area contributed by atoms with Crippen molar-refractivity contribution < 1.29 is 4.79 Å². The molecule has 1 amide bonds. The molecule has 174 valence electrons. The molecule has 10 heteroatoms. The molecule has 5 rings (SSSR count). The average Bonchev–Trinajstić information content (AvgIpc) is 2.76. The van der Waals surface area contributed by atoms with E-state index in [9.17, 15) is 9.59 Å². The molecule has 2 aromatic rings. The molecule has 0 aliphatic carbocycles. The molecule has 5 heterocycles. The number of piperazine rings is 1. The summed E-state index contributed by atoms with van der Waals surface area (Å²) in [6, 6.07) is 3.74. The Morgan fingerprint density at radius 1 is 1.06 bits per heavy atom. The smallest absolute Gasteiger partial charge is 0.263 e. The van der Waals surface area contributed by atoms with E-state index < -0.39 is 0 Å². The Balaban J connectivity index is 0.00000144. The first-order valence-electron chi connectivity index (χ1n) is 10.8. The van der Waals surface area contributed by atoms with Gasteiger partial charge in [0, 0.05) is 62.1 Å². The van der Waals surface area contributed by atoms with E-state index in [-0.39, 0.29) is 36.3 Å². The fraction of sp³-hybridized carbons (Fsp3) is 0.545. The fourth-order valence-electron chi connectivity index (χ4n) is 5.09. The Morgan fingerprint density at radius 3 is 2.56 bits per heavy atom. The highest BCUT2D eigenvalue weighted by atomic mass is 35.5. The fourth-order valence-corrected chi connectivity index (χ4v) is 5.09. The molecule has 2 aromatic heterocycles. The van der Waals surface area contributed by atoms with Crippen molar-refractivity contribution in [3.63, 3.8) is 0 Å². The van der Waals surface area contributed by atoms with Crippen LogP contribution in [0.25, 0.3) is 0 Å². The number of aromatic nitrogens is 3. The number of nitrogens with zero attached hydrogens (tertiary/aromatic N) is 5. The maximum Gasteiger partial charge on any atom is 0.263 e. The van der Waals surface area contributed by atoms with Gasteiger partial charge in [0.05, 0.1) is 0 Å². The Hall–Kier alpha value is -2.16. The van der Waals surface area contributed by atoms with Crippen molar-refractivity contribution in [2.45, 2.75) is 32.7 Å². The van der Waals surface area contributed by atoms with Crippen LogP contribution < -0.4 is 15.8 Å². The molecule has 2 bridgehead atoms. The summed E-state index contributed by atoms with van der Waals surface area (Å²) in [5, 5.41) is 3.46. The number of rotatable bonds is 2. The third-order valence-electron chi connectivity index (χ3n) is 6.91. The van der Waals surface area contributed by atoms with Crippen molar-refractivity contribution in [3.05, 3.63) is 51.3 Å². The van der Waals surface area contributed by atoms with E-state index in [1.807, 2.05) is 24.5 Å². The molecule has 0 aromatic carbocycles. The standard InChI is InChI=1S/C22H28N6O2.2ClH/c1-14-15(2)24-13-25-20(14)26-5-7-27(8-6-26)21(29)18-3-4-19-17-9-16(10-23-11-17)12-28(19)22(18)30;;/h3-4,13,16-17,23H,5-12H2,1-2H3;2*1H/t16-,17+;;/m0../s1. The van der Waals surface area contributed by atoms with E-state index in [1.54, 1.807) is 17.3 Å². The van der Waals surface area contributed by atoms with Gasteiger partial charge in [-0.2, -0.15) is 0 Å². The summed E-state index contributed by atoms with van der Waals surface area (Å²) < 4.78 is 1.86. The molecule has 2 fully saturated rings. The Labute approximate surface area is 200 Å². The van der Waals surface area contributed by atoms with Crippen LogP contribution in [0.4, 0.5) is 5.82 Å². The van der Waals surface area contributed by atoms with Gasteiger partial charge in [-0.3, -0.25) is 9.59 Å². The zero-order valence-corrected chi connectivity index (χ0v) is 20.0. The van der Waals surface area contributed by atoms with Crippen LogP contribution in [0, 0.1) is 19.8 Å². The molecule has 3 aliphatic rings. The molecule has 2 saturated heterocycles. The average molecular weight is 481 g/mol. The van der Waals surface area contributed by atoms with Gasteiger partial charge in [-0.15, -0.1) is 24.8 Å². The molecule has 0 spiro atoms. The van der Waals surface area contributed by atoms with Crippen LogP contribution in [-0.2, 0) is 6.54 Å². The highest BCUT2D eigenvalue weighted by molar-refractivity contribution is 5.94. The van der Waals surface area contributed by atoms with E-state index in [0.29, 0.717) is 50.1 Å². The highest BCUT2D eigenvalue weighted by Crippen LogP contribution is 2.31. The van der Waals surface area contributed by atoms with Crippen LogP contribution in [0.3, 0.4) is 0 Å². The number of hydrogen-bond donors (Lipinski definition) is 1. The van der Waals surface area contributed by atoms with Crippen LogP contribution in [0.5, 0.6) is 0 Å². The maximum atomic E-state index is 13.2. The van der Waals surface area contributed by atoms with Gasteiger partial charge >= 0.3 is 0 Å². The van der Waals surface area contributed by atoms with Gasteiger partial charge in [-0.25, -0.2) is 9.97 Å². The van der Waals surface area contributed by atoms with Gasteiger partial charge < -0.3 is 19.7 Å². The Kier molecular flexibility index (Phi) is 7.47. The number of nitrogens with one attached hydrogen (secondary N) is 1. The molecule has 32 heavy (non-hydrogen) atoms. The minimum Gasteiger partial charge on any atom is -0.353 e. The van der Waals surface area contributed by atoms with E-state index in [2.05, 4.69) is 20.2 Å². The van der Waals surface area contributed by atoms with E-state index in [0.717, 1.165) is 42.3 Å². The number of piperidine rings is 1. The van der Waals surface area contributed by atoms with Crippen molar-refractivity contribution in [3.8, 4) is 0 Å². The first-order chi connectivity index (χ1) is 14.5. The predicted molar refractivity (Wildman–Crippen MR) is 129 cm³/mol. The lowest BCUT2D eigenvalue weighted by molar-refractivity contribution is 0.0743. The van der Waals surface area contributed by atoms with Gasteiger partial charge in [0.1, 0.15) is 17.7 Å². The summed E-state index contributed by atoms with van der Waals surface area (Å²) in [6.45, 7) is 9.14. The number of carbonyl (C=O) groups excluding carboxylic acids is 1. The quantitative estimate of drug-likeness (QED) is 0.704. The SMILES string of the molecule is Cc1ncnc(N2CCN(C(=O)c3ccc4n(c3=O)C[C@@H]3CNC[C@H]4C3)CC2)c1C.Cl.Cl. The third kappa shape index (κ3) is 4.23. The number of hydrogen-bond acceptors (Lipinski definition) is 6. The second-order valence-corrected chi connectivity index (χ2v) is 8.73. The monoisotopic (exact) mass is 480 g/mol. The topological polar surface area (TPSA) is 83.4 Å². The Morgan fingerprint density at radius 2 is 1.81 bits per heavy atom. The largest absolute Gasteiger partial charge is 0.353 e. The minimum atomic E-state index is -0.153. The molecular weight excluding hydrogens is 451 g/mol. The van der Waals surface area contributed by atoms with Crippen LogP contribution in [0.2, 0.25) is 0 Å². The lowest BCUT2D eigenvalue weighted by Gasteiger charge is -2.38. The zero-order valence-electron chi connectivity index (χ0n) is 18.4. The van der Waals surface area contributed by atoms with Crippen molar-refractivity contribution in [2.24, 2.45) is 5.92 Å². The summed E-state index contributed by atoms with van der Waals surface area (Å²) in [5.41, 5.74) is 3.29. The van der Waals surface area contributed by atoms with Crippen LogP contribution in [0.1, 0.15) is 39.6 Å². The predicted octanol–water partition coefficient (Wildman–Crippen LogP) is 1.77. The summed E-state index contributed by atoms with van der Waals surface area (Å²) >= 11 is 0. The number of fused-ring (bicyclic) bond motifs is 4. The van der Waals surface area contributed by atoms with Gasteiger partial charge in [0.25, 0.3) is 11.5 Å². The first kappa shape index (κ1) is 24.5. The Bertz CT molecular complexity index is 1050. The van der Waals surface area contributed by atoms with Crippen molar-refractivity contribution in [2.75, 3.05) is 44.2 Å². The van der Waals surface area contributed by atoms with Gasteiger partial charge in [0.15, 0.2) is 0 Å². The van der Waals surface area contributed by atoms with Crippen LogP contribution in [0.15, 0.2) is 23.3 Å². The van der Waals surface area contributed by atoms with Gasteiger partial charge in [-0.1, -0.05) is 0 Å². The summed E-state index contributed by atoms with van der Waals surface area (Å²) in [7, 11) is 0. The number of amides is 1. The third-order valence-corrected chi connectivity index (χ3v) is 6.91. The summed E-state index contributed by atoms with van der Waals surface area (Å²) in [4.78, 5) is 39.0. The van der Waals surface area contributed by atoms with E-state index in [1.165, 1.54) is 0 Å². The molecule has 0 radical (unpaired) electrons. The lowest BCUT2D eigenvalue weighted by Crippen LogP contribution is -2.51. The molecule has 8 nitrogen and oxygen atoms in total. The second kappa shape index (κ2) is 9.77. The van der Waals surface area contributed by atoms with Crippen molar-refractivity contribution in [1.29, 1.82) is 0 Å². The molecule has 2 atom stereocenters. The zero-order chi connectivity index (χ0) is 20.8. The number of halogens is 2. The number of anilines is 1. The van der Waals surface area contributed by atoms with Crippen molar-refractivity contribution >= 4 is 36.5 Å². The second-order valence-electron chi connectivity index (χ2n) is 8.73. The highest BCUT2D eigenvalue weighted by Gasteiger charge is 2.33. The number of carbonyl (C=O) groups is 1. The van der Waals surface area contributed by atoms with E-state index in [4.69, 9.17) is 0 Å². The number of pyridine rings is 1. The maximum absolute atomic E-state index is 13.2. The molecular formula is C22H30Cl2N6O2. The van der Waals surface area contributed by atoms with Crippen molar-refractivity contribution in [1.82, 2.24) is 24.8 Å². The van der Waals surface area contributed by atoms with Gasteiger partial charge in [-0.05, 0) is 44.9 Å². The van der Waals surface area contributed by atoms with E-state index >= 15 is 0 Å².